The molecule has 3 saturated carbocycles. The average molecular weight is 580 g/mol. The molecule has 1 heterocycles. The molecule has 4 fully saturated rings. The number of fused-ring (bicyclic) bond motifs is 3. The molecule has 10 unspecified atom stereocenters. The number of hydrogen-bond acceptors (Lipinski definition) is 3. The molecule has 0 aromatic carbocycles. The number of hydrogen-bond donors (Lipinski definition) is 1. The van der Waals surface area contributed by atoms with E-state index in [-0.39, 0.29) is 6.17 Å². The summed E-state index contributed by atoms with van der Waals surface area (Å²) in [6.45, 7) is 1.22. The van der Waals surface area contributed by atoms with Crippen molar-refractivity contribution in [1.29, 1.82) is 0 Å². The molecule has 0 aromatic rings. The van der Waals surface area contributed by atoms with Gasteiger partial charge in [-0.3, -0.25) is 0 Å². The van der Waals surface area contributed by atoms with Crippen LogP contribution < -0.4 is 5.73 Å². The van der Waals surface area contributed by atoms with E-state index in [1.165, 1.54) is 115 Å². The van der Waals surface area contributed by atoms with Crippen molar-refractivity contribution >= 4 is 0 Å². The Bertz CT molecular complexity index is 1220. The summed E-state index contributed by atoms with van der Waals surface area (Å²) in [4.78, 5) is 0. The quantitative estimate of drug-likeness (QED) is 0.185. The highest BCUT2D eigenvalue weighted by Crippen LogP contribution is 2.70. The van der Waals surface area contributed by atoms with Gasteiger partial charge in [-0.15, -0.1) is 11.8 Å². The maximum absolute atomic E-state index is 7.16. The van der Waals surface area contributed by atoms with Crippen LogP contribution in [-0.4, -0.2) is 28.9 Å². The van der Waals surface area contributed by atoms with E-state index >= 15 is 0 Å². The summed E-state index contributed by atoms with van der Waals surface area (Å²) < 4.78 is 0. The van der Waals surface area contributed by atoms with Crippen molar-refractivity contribution in [3.8, 4) is 11.8 Å². The summed E-state index contributed by atoms with van der Waals surface area (Å²) in [5.41, 5.74) is 12.6. The van der Waals surface area contributed by atoms with Crippen LogP contribution in [0.3, 0.4) is 0 Å². The van der Waals surface area contributed by atoms with Crippen LogP contribution >= 0.6 is 0 Å². The van der Waals surface area contributed by atoms with Gasteiger partial charge in [0.2, 0.25) is 0 Å². The first-order valence-corrected chi connectivity index (χ1v) is 18.8. The molecule has 3 nitrogen and oxygen atoms in total. The molecule has 0 aromatic heterocycles. The van der Waals surface area contributed by atoms with E-state index in [1.807, 2.05) is 11.1 Å². The van der Waals surface area contributed by atoms with Crippen LogP contribution in [0.5, 0.6) is 0 Å². The number of allylic oxidation sites excluding steroid dienone is 5. The standard InChI is InChI=1S/C40H57N3/c41-38(30-17-7-2-8-18-30)43-39(42(43)28-29-15-5-1-6-16-29)31-25-26-35-34-23-13-14-24-36(34)40(37(35)27-31,32-19-9-3-10-20-32)33-21-11-4-12-22-33/h7,17-19,27,29,31,33-36,38-39H,1-3,5-6,8-11,13-16,20-26,28,41H2. The minimum absolute atomic E-state index is 0.00634. The minimum Gasteiger partial charge on any atom is -0.311 e. The lowest BCUT2D eigenvalue weighted by Crippen LogP contribution is -2.41. The lowest BCUT2D eigenvalue weighted by atomic mass is 9.54. The Balaban J connectivity index is 1.17. The van der Waals surface area contributed by atoms with Gasteiger partial charge in [-0.05, 0) is 119 Å². The summed E-state index contributed by atoms with van der Waals surface area (Å²) in [7, 11) is 0. The zero-order valence-corrected chi connectivity index (χ0v) is 26.8. The molecule has 1 saturated heterocycles. The first-order valence-electron chi connectivity index (χ1n) is 18.8. The molecular formula is C40H57N3. The first kappa shape index (κ1) is 28.8. The second-order valence-electron chi connectivity index (χ2n) is 15.7. The molecule has 8 rings (SSSR count). The predicted molar refractivity (Wildman–Crippen MR) is 177 cm³/mol. The summed E-state index contributed by atoms with van der Waals surface area (Å²) >= 11 is 0. The lowest BCUT2D eigenvalue weighted by Gasteiger charge is -2.49. The van der Waals surface area contributed by atoms with Crippen LogP contribution in [0.1, 0.15) is 128 Å². The molecule has 2 N–H and O–H groups in total. The fraction of sp³-hybridized carbons (Fsp3) is 0.750. The monoisotopic (exact) mass is 579 g/mol. The molecule has 0 bridgehead atoms. The molecule has 8 aliphatic rings. The SMILES string of the molecule is NC(C1=CCCC=C1)N1C(C2C=C3C(CC2)C2CCCCC2C3(C2=CCCCC2)C2CC#CCC2)N1CC1CCCCC1. The molecule has 0 spiro atoms. The third-order valence-corrected chi connectivity index (χ3v) is 13.6. The van der Waals surface area contributed by atoms with Crippen molar-refractivity contribution in [2.75, 3.05) is 6.54 Å². The molecule has 0 radical (unpaired) electrons. The number of nitrogens with two attached hydrogens (primary N) is 1. The van der Waals surface area contributed by atoms with Crippen LogP contribution in [0.15, 0.2) is 47.1 Å². The van der Waals surface area contributed by atoms with E-state index < -0.39 is 0 Å². The number of rotatable bonds is 7. The summed E-state index contributed by atoms with van der Waals surface area (Å²) in [5, 5.41) is 5.41. The van der Waals surface area contributed by atoms with Gasteiger partial charge in [0.25, 0.3) is 0 Å². The predicted octanol–water partition coefficient (Wildman–Crippen LogP) is 9.05. The highest BCUT2D eigenvalue weighted by atomic mass is 15.9. The summed E-state index contributed by atoms with van der Waals surface area (Å²) in [6.07, 6.45) is 40.2. The van der Waals surface area contributed by atoms with E-state index in [9.17, 15) is 0 Å². The van der Waals surface area contributed by atoms with E-state index in [0.717, 1.165) is 55.3 Å². The van der Waals surface area contributed by atoms with Gasteiger partial charge in [-0.25, -0.2) is 5.01 Å². The van der Waals surface area contributed by atoms with Crippen LogP contribution in [-0.2, 0) is 0 Å². The van der Waals surface area contributed by atoms with Gasteiger partial charge < -0.3 is 5.73 Å². The van der Waals surface area contributed by atoms with Crippen molar-refractivity contribution in [2.45, 2.75) is 141 Å². The normalized spacial score (nSPS) is 43.3. The maximum Gasteiger partial charge on any atom is 0.0985 e. The fourth-order valence-electron chi connectivity index (χ4n) is 11.8. The number of hydrazine groups is 1. The van der Waals surface area contributed by atoms with Gasteiger partial charge in [0.1, 0.15) is 0 Å². The summed E-state index contributed by atoms with van der Waals surface area (Å²) in [5.74, 6) is 11.9. The zero-order chi connectivity index (χ0) is 28.8. The molecule has 7 aliphatic carbocycles. The molecule has 1 aliphatic heterocycles. The minimum atomic E-state index is 0.00634. The Labute approximate surface area is 262 Å². The molecule has 43 heavy (non-hydrogen) atoms. The van der Waals surface area contributed by atoms with Gasteiger partial charge in [0.15, 0.2) is 0 Å². The molecule has 232 valence electrons. The van der Waals surface area contributed by atoms with E-state index in [1.54, 1.807) is 0 Å². The second-order valence-corrected chi connectivity index (χ2v) is 15.7. The largest absolute Gasteiger partial charge is 0.311 e. The smallest absolute Gasteiger partial charge is 0.0985 e. The molecule has 10 atom stereocenters. The van der Waals surface area contributed by atoms with Crippen LogP contribution in [0.25, 0.3) is 0 Å². The summed E-state index contributed by atoms with van der Waals surface area (Å²) in [6, 6.07) is 0. The highest BCUT2D eigenvalue weighted by Gasteiger charge is 2.63. The number of nitrogens with zero attached hydrogens (tertiary/aromatic N) is 2. The third-order valence-electron chi connectivity index (χ3n) is 13.6. The van der Waals surface area contributed by atoms with Crippen molar-refractivity contribution in [3.63, 3.8) is 0 Å². The van der Waals surface area contributed by atoms with Gasteiger partial charge in [0, 0.05) is 30.7 Å². The Morgan fingerprint density at radius 2 is 1.74 bits per heavy atom. The lowest BCUT2D eigenvalue weighted by molar-refractivity contribution is 0.102. The highest BCUT2D eigenvalue weighted by molar-refractivity contribution is 5.43. The fourth-order valence-corrected chi connectivity index (χ4v) is 11.8. The third kappa shape index (κ3) is 5.07. The van der Waals surface area contributed by atoms with Gasteiger partial charge in [0.05, 0.1) is 12.3 Å². The van der Waals surface area contributed by atoms with Gasteiger partial charge in [-0.2, -0.15) is 5.01 Å². The maximum atomic E-state index is 7.16. The van der Waals surface area contributed by atoms with Gasteiger partial charge >= 0.3 is 0 Å². The van der Waals surface area contributed by atoms with E-state index in [2.05, 4.69) is 52.2 Å². The van der Waals surface area contributed by atoms with Crippen molar-refractivity contribution in [1.82, 2.24) is 10.0 Å². The van der Waals surface area contributed by atoms with E-state index in [4.69, 9.17) is 5.73 Å². The topological polar surface area (TPSA) is 32.0 Å². The molecular weight excluding hydrogens is 522 g/mol. The van der Waals surface area contributed by atoms with Gasteiger partial charge in [-0.1, -0.05) is 73.6 Å². The van der Waals surface area contributed by atoms with Crippen LogP contribution in [0, 0.1) is 52.8 Å². The Morgan fingerprint density at radius 3 is 2.53 bits per heavy atom. The second kappa shape index (κ2) is 12.3. The Morgan fingerprint density at radius 1 is 0.860 bits per heavy atom. The molecule has 0 amide bonds. The Kier molecular flexibility index (Phi) is 8.25. The Hall–Kier alpha value is -1.60. The van der Waals surface area contributed by atoms with Crippen molar-refractivity contribution < 1.29 is 0 Å². The van der Waals surface area contributed by atoms with Crippen molar-refractivity contribution in [3.05, 3.63) is 47.1 Å². The zero-order valence-electron chi connectivity index (χ0n) is 26.8. The first-order chi connectivity index (χ1) is 21.3. The van der Waals surface area contributed by atoms with Crippen molar-refractivity contribution in [2.24, 2.45) is 46.7 Å². The van der Waals surface area contributed by atoms with Crippen LogP contribution in [0.2, 0.25) is 0 Å². The van der Waals surface area contributed by atoms with E-state index in [0.29, 0.717) is 17.5 Å². The average Bonchev–Trinajstić information content (AvgIpc) is 3.71. The van der Waals surface area contributed by atoms with Crippen LogP contribution in [0.4, 0.5) is 0 Å². The molecule has 3 heteroatoms.